The molecule has 4 heteroatoms. The van der Waals surface area contributed by atoms with E-state index in [1.165, 1.54) is 19.3 Å². The van der Waals surface area contributed by atoms with Crippen LogP contribution in [0, 0.1) is 0 Å². The van der Waals surface area contributed by atoms with E-state index in [-0.39, 0.29) is 5.41 Å². The second kappa shape index (κ2) is 3.69. The Balaban J connectivity index is 2.19. The molecule has 0 unspecified atom stereocenters. The molecule has 1 aromatic heterocycles. The van der Waals surface area contributed by atoms with Gasteiger partial charge in [0, 0.05) is 5.41 Å². The number of aromatic nitrogens is 2. The van der Waals surface area contributed by atoms with Crippen LogP contribution in [0.1, 0.15) is 50.7 Å². The minimum absolute atomic E-state index is 0.120. The topological polar surface area (TPSA) is 64.9 Å². The van der Waals surface area contributed by atoms with Crippen molar-refractivity contribution in [2.75, 3.05) is 0 Å². The second-order valence-corrected chi connectivity index (χ2v) is 4.34. The summed E-state index contributed by atoms with van der Waals surface area (Å²) in [6, 6.07) is 0. The first kappa shape index (κ1) is 9.65. The highest BCUT2D eigenvalue weighted by molar-refractivity contribution is 5.06. The van der Waals surface area contributed by atoms with Gasteiger partial charge in [-0.2, -0.15) is 4.98 Å². The van der Waals surface area contributed by atoms with Gasteiger partial charge in [-0.25, -0.2) is 0 Å². The lowest BCUT2D eigenvalue weighted by molar-refractivity contribution is 0.287. The van der Waals surface area contributed by atoms with Crippen molar-refractivity contribution in [3.63, 3.8) is 0 Å². The highest BCUT2D eigenvalue weighted by Crippen LogP contribution is 2.37. The summed E-state index contributed by atoms with van der Waals surface area (Å²) in [4.78, 5) is 4.32. The van der Waals surface area contributed by atoms with Crippen molar-refractivity contribution in [3.8, 4) is 0 Å². The van der Waals surface area contributed by atoms with Crippen LogP contribution in [0.5, 0.6) is 0 Å². The molecule has 1 fully saturated rings. The normalized spacial score (nSPS) is 21.0. The smallest absolute Gasteiger partial charge is 0.240 e. The van der Waals surface area contributed by atoms with Crippen LogP contribution in [0.25, 0.3) is 0 Å². The monoisotopic (exact) mass is 195 g/mol. The minimum atomic E-state index is 0.120. The van der Waals surface area contributed by atoms with E-state index >= 15 is 0 Å². The second-order valence-electron chi connectivity index (χ2n) is 4.34. The minimum Gasteiger partial charge on any atom is -0.338 e. The van der Waals surface area contributed by atoms with E-state index in [1.54, 1.807) is 0 Å². The Hall–Kier alpha value is -0.900. The van der Waals surface area contributed by atoms with Crippen LogP contribution in [0.15, 0.2) is 4.52 Å². The highest BCUT2D eigenvalue weighted by Gasteiger charge is 2.33. The van der Waals surface area contributed by atoms with Crippen LogP contribution in [0.3, 0.4) is 0 Å². The Bertz CT molecular complexity index is 302. The molecule has 1 aliphatic carbocycles. The van der Waals surface area contributed by atoms with Gasteiger partial charge in [-0.15, -0.1) is 0 Å². The van der Waals surface area contributed by atoms with Crippen molar-refractivity contribution < 1.29 is 4.52 Å². The van der Waals surface area contributed by atoms with Gasteiger partial charge < -0.3 is 10.3 Å². The molecule has 0 spiro atoms. The third-order valence-corrected chi connectivity index (χ3v) is 3.14. The fourth-order valence-electron chi connectivity index (χ4n) is 2.14. The Labute approximate surface area is 83.9 Å². The Morgan fingerprint density at radius 2 is 2.07 bits per heavy atom. The van der Waals surface area contributed by atoms with Crippen molar-refractivity contribution >= 4 is 0 Å². The van der Waals surface area contributed by atoms with Gasteiger partial charge in [-0.3, -0.25) is 0 Å². The lowest BCUT2D eigenvalue weighted by atomic mass is 9.75. The van der Waals surface area contributed by atoms with Gasteiger partial charge >= 0.3 is 0 Å². The molecule has 0 saturated heterocycles. The molecule has 1 aliphatic rings. The third kappa shape index (κ3) is 1.66. The summed E-state index contributed by atoms with van der Waals surface area (Å²) < 4.78 is 5.05. The molecule has 4 nitrogen and oxygen atoms in total. The molecule has 0 bridgehead atoms. The maximum absolute atomic E-state index is 5.44. The van der Waals surface area contributed by atoms with E-state index in [2.05, 4.69) is 17.1 Å². The zero-order valence-electron chi connectivity index (χ0n) is 8.62. The first-order chi connectivity index (χ1) is 6.74. The van der Waals surface area contributed by atoms with E-state index in [4.69, 9.17) is 10.3 Å². The summed E-state index contributed by atoms with van der Waals surface area (Å²) in [5, 5.41) is 4.02. The van der Waals surface area contributed by atoms with E-state index in [9.17, 15) is 0 Å². The van der Waals surface area contributed by atoms with Crippen molar-refractivity contribution in [3.05, 3.63) is 11.7 Å². The van der Waals surface area contributed by atoms with Gasteiger partial charge in [0.15, 0.2) is 5.82 Å². The molecule has 78 valence electrons. The lowest BCUT2D eigenvalue weighted by Gasteiger charge is -2.29. The van der Waals surface area contributed by atoms with Crippen molar-refractivity contribution in [1.29, 1.82) is 0 Å². The average molecular weight is 195 g/mol. The summed E-state index contributed by atoms with van der Waals surface area (Å²) in [5.41, 5.74) is 5.56. The number of hydrogen-bond donors (Lipinski definition) is 1. The average Bonchev–Trinajstić information content (AvgIpc) is 2.67. The van der Waals surface area contributed by atoms with Crippen LogP contribution in [-0.2, 0) is 12.0 Å². The summed E-state index contributed by atoms with van der Waals surface area (Å²) in [7, 11) is 0. The van der Waals surface area contributed by atoms with E-state index in [0.717, 1.165) is 18.7 Å². The molecule has 2 N–H and O–H groups in total. The zero-order valence-corrected chi connectivity index (χ0v) is 8.62. The van der Waals surface area contributed by atoms with Gasteiger partial charge in [0.2, 0.25) is 5.89 Å². The number of nitrogens with two attached hydrogens (primary N) is 1. The first-order valence-corrected chi connectivity index (χ1v) is 5.28. The zero-order chi connectivity index (χ0) is 10.0. The van der Waals surface area contributed by atoms with Gasteiger partial charge in [0.1, 0.15) is 0 Å². The summed E-state index contributed by atoms with van der Waals surface area (Å²) in [6.45, 7) is 2.56. The molecule has 0 aliphatic heterocycles. The predicted octanol–water partition coefficient (Wildman–Crippen LogP) is 1.75. The number of hydrogen-bond acceptors (Lipinski definition) is 4. The first-order valence-electron chi connectivity index (χ1n) is 5.28. The molecule has 1 saturated carbocycles. The van der Waals surface area contributed by atoms with Crippen LogP contribution in [-0.4, -0.2) is 10.1 Å². The van der Waals surface area contributed by atoms with Crippen molar-refractivity contribution in [1.82, 2.24) is 10.1 Å². The molecule has 2 rings (SSSR count). The summed E-state index contributed by atoms with van der Waals surface area (Å²) >= 11 is 0. The van der Waals surface area contributed by atoms with E-state index < -0.39 is 0 Å². The maximum atomic E-state index is 5.44. The molecular weight excluding hydrogens is 178 g/mol. The van der Waals surface area contributed by atoms with Gasteiger partial charge in [0.25, 0.3) is 0 Å². The number of rotatable bonds is 2. The van der Waals surface area contributed by atoms with Crippen LogP contribution < -0.4 is 5.73 Å². The Morgan fingerprint density at radius 3 is 2.64 bits per heavy atom. The molecule has 0 radical (unpaired) electrons. The third-order valence-electron chi connectivity index (χ3n) is 3.14. The quantitative estimate of drug-likeness (QED) is 0.780. The molecule has 0 amide bonds. The SMILES string of the molecule is CC1(c2noc(CN)n2)CCCCC1. The molecule has 1 aromatic rings. The van der Waals surface area contributed by atoms with Gasteiger partial charge in [0.05, 0.1) is 6.54 Å². The standard InChI is InChI=1S/C10H17N3O/c1-10(5-3-2-4-6-10)9-12-8(7-11)14-13-9/h2-7,11H2,1H3. The lowest BCUT2D eigenvalue weighted by Crippen LogP contribution is -2.26. The van der Waals surface area contributed by atoms with Gasteiger partial charge in [-0.1, -0.05) is 31.3 Å². The number of nitrogens with zero attached hydrogens (tertiary/aromatic N) is 2. The molecule has 1 heterocycles. The van der Waals surface area contributed by atoms with Gasteiger partial charge in [-0.05, 0) is 12.8 Å². The van der Waals surface area contributed by atoms with Crippen LogP contribution >= 0.6 is 0 Å². The molecule has 14 heavy (non-hydrogen) atoms. The maximum Gasteiger partial charge on any atom is 0.240 e. The van der Waals surface area contributed by atoms with E-state index in [0.29, 0.717) is 12.4 Å². The Morgan fingerprint density at radius 1 is 1.36 bits per heavy atom. The molecule has 0 aromatic carbocycles. The molecule has 0 atom stereocenters. The van der Waals surface area contributed by atoms with E-state index in [1.807, 2.05) is 0 Å². The largest absolute Gasteiger partial charge is 0.338 e. The van der Waals surface area contributed by atoms with Crippen LogP contribution in [0.2, 0.25) is 0 Å². The predicted molar refractivity (Wildman–Crippen MR) is 52.6 cm³/mol. The molecular formula is C10H17N3O. The van der Waals surface area contributed by atoms with Crippen molar-refractivity contribution in [2.24, 2.45) is 5.73 Å². The fraction of sp³-hybridized carbons (Fsp3) is 0.800. The van der Waals surface area contributed by atoms with Crippen molar-refractivity contribution in [2.45, 2.75) is 51.0 Å². The fourth-order valence-corrected chi connectivity index (χ4v) is 2.14. The summed E-state index contributed by atoms with van der Waals surface area (Å²) in [5.74, 6) is 1.39. The Kier molecular flexibility index (Phi) is 2.54. The highest BCUT2D eigenvalue weighted by atomic mass is 16.5. The van der Waals surface area contributed by atoms with Crippen LogP contribution in [0.4, 0.5) is 0 Å². The summed E-state index contributed by atoms with van der Waals surface area (Å²) in [6.07, 6.45) is 6.19.